The van der Waals surface area contributed by atoms with Crippen molar-refractivity contribution in [3.63, 3.8) is 0 Å². The van der Waals surface area contributed by atoms with E-state index in [0.717, 1.165) is 11.3 Å². The van der Waals surface area contributed by atoms with Crippen molar-refractivity contribution < 1.29 is 14.6 Å². The molecule has 0 aliphatic carbocycles. The first-order valence-corrected chi connectivity index (χ1v) is 5.41. The van der Waals surface area contributed by atoms with Crippen LogP contribution in [0.15, 0.2) is 24.3 Å². The third-order valence-electron chi connectivity index (χ3n) is 2.19. The van der Waals surface area contributed by atoms with E-state index in [9.17, 15) is 4.79 Å². The molecule has 0 bridgehead atoms. The second kappa shape index (κ2) is 5.90. The van der Waals surface area contributed by atoms with E-state index in [1.807, 2.05) is 13.8 Å². The minimum atomic E-state index is -1.09. The standard InChI is InChI=1S/C13H15NO3/c1-9(2)17-12-5-3-10(4-6-12)7-11(8-14)13(15)16/h3-6,9,11H,7H2,1-2H3,(H,15,16)/t11-/m1/s1. The van der Waals surface area contributed by atoms with Crippen LogP contribution in [0.3, 0.4) is 0 Å². The van der Waals surface area contributed by atoms with Gasteiger partial charge in [0.15, 0.2) is 0 Å². The summed E-state index contributed by atoms with van der Waals surface area (Å²) in [5.74, 6) is -1.34. The van der Waals surface area contributed by atoms with Crippen LogP contribution in [-0.4, -0.2) is 17.2 Å². The molecule has 0 fully saturated rings. The lowest BCUT2D eigenvalue weighted by Crippen LogP contribution is -2.14. The van der Waals surface area contributed by atoms with Crippen LogP contribution >= 0.6 is 0 Å². The van der Waals surface area contributed by atoms with Crippen molar-refractivity contribution in [1.82, 2.24) is 0 Å². The smallest absolute Gasteiger partial charge is 0.321 e. The van der Waals surface area contributed by atoms with Crippen molar-refractivity contribution in [3.8, 4) is 11.8 Å². The summed E-state index contributed by atoms with van der Waals surface area (Å²) in [6, 6.07) is 8.90. The van der Waals surface area contributed by atoms with E-state index < -0.39 is 11.9 Å². The maximum Gasteiger partial charge on any atom is 0.321 e. The molecular weight excluding hydrogens is 218 g/mol. The maximum absolute atomic E-state index is 10.7. The molecule has 0 spiro atoms. The number of carbonyl (C=O) groups is 1. The molecule has 0 aliphatic rings. The van der Waals surface area contributed by atoms with Crippen molar-refractivity contribution in [2.45, 2.75) is 26.4 Å². The van der Waals surface area contributed by atoms with Gasteiger partial charge >= 0.3 is 5.97 Å². The molecule has 4 heteroatoms. The van der Waals surface area contributed by atoms with Gasteiger partial charge in [-0.05, 0) is 38.0 Å². The summed E-state index contributed by atoms with van der Waals surface area (Å²) < 4.78 is 5.47. The number of hydrogen-bond donors (Lipinski definition) is 1. The molecule has 1 N–H and O–H groups in total. The Hall–Kier alpha value is -2.02. The first kappa shape index (κ1) is 13.0. The Bertz CT molecular complexity index is 417. The van der Waals surface area contributed by atoms with E-state index in [-0.39, 0.29) is 12.5 Å². The van der Waals surface area contributed by atoms with E-state index in [1.165, 1.54) is 0 Å². The first-order valence-electron chi connectivity index (χ1n) is 5.41. The highest BCUT2D eigenvalue weighted by Gasteiger charge is 2.16. The van der Waals surface area contributed by atoms with Crippen molar-refractivity contribution in [1.29, 1.82) is 5.26 Å². The number of carboxylic acids is 1. The number of ether oxygens (including phenoxy) is 1. The second-order valence-electron chi connectivity index (χ2n) is 4.03. The number of nitrogens with zero attached hydrogens (tertiary/aromatic N) is 1. The second-order valence-corrected chi connectivity index (χ2v) is 4.03. The van der Waals surface area contributed by atoms with E-state index in [0.29, 0.717) is 0 Å². The monoisotopic (exact) mass is 233 g/mol. The fourth-order valence-electron chi connectivity index (χ4n) is 1.40. The average Bonchev–Trinajstić information content (AvgIpc) is 2.26. The molecule has 0 saturated heterocycles. The van der Waals surface area contributed by atoms with Gasteiger partial charge in [0.25, 0.3) is 0 Å². The van der Waals surface area contributed by atoms with Gasteiger partial charge in [0.2, 0.25) is 0 Å². The Balaban J connectivity index is 2.68. The number of aliphatic carboxylic acids is 1. The van der Waals surface area contributed by atoms with Crippen LogP contribution in [0.25, 0.3) is 0 Å². The van der Waals surface area contributed by atoms with Crippen LogP contribution in [0, 0.1) is 17.2 Å². The zero-order valence-electron chi connectivity index (χ0n) is 9.88. The van der Waals surface area contributed by atoms with Crippen LogP contribution in [-0.2, 0) is 11.2 Å². The van der Waals surface area contributed by atoms with E-state index in [4.69, 9.17) is 15.1 Å². The molecule has 0 heterocycles. The van der Waals surface area contributed by atoms with Crippen LogP contribution in [0.1, 0.15) is 19.4 Å². The van der Waals surface area contributed by atoms with Gasteiger partial charge in [-0.2, -0.15) is 5.26 Å². The zero-order chi connectivity index (χ0) is 12.8. The van der Waals surface area contributed by atoms with E-state index >= 15 is 0 Å². The molecule has 0 aromatic heterocycles. The number of benzene rings is 1. The van der Waals surface area contributed by atoms with Crippen molar-refractivity contribution in [3.05, 3.63) is 29.8 Å². The molecule has 4 nitrogen and oxygen atoms in total. The Labute approximate surface area is 100 Å². The van der Waals surface area contributed by atoms with Gasteiger partial charge in [0.1, 0.15) is 11.7 Å². The molecule has 90 valence electrons. The Morgan fingerprint density at radius 1 is 1.41 bits per heavy atom. The number of rotatable bonds is 5. The van der Waals surface area contributed by atoms with Gasteiger partial charge in [-0.15, -0.1) is 0 Å². The van der Waals surface area contributed by atoms with Gasteiger partial charge in [0.05, 0.1) is 12.2 Å². The highest BCUT2D eigenvalue weighted by atomic mass is 16.5. The van der Waals surface area contributed by atoms with Gasteiger partial charge in [0, 0.05) is 0 Å². The van der Waals surface area contributed by atoms with Gasteiger partial charge in [-0.1, -0.05) is 12.1 Å². The minimum absolute atomic E-state index is 0.103. The van der Waals surface area contributed by atoms with Crippen LogP contribution in [0.4, 0.5) is 0 Å². The van der Waals surface area contributed by atoms with Crippen molar-refractivity contribution in [2.75, 3.05) is 0 Å². The Morgan fingerprint density at radius 2 is 2.00 bits per heavy atom. The molecule has 1 atom stereocenters. The Morgan fingerprint density at radius 3 is 2.41 bits per heavy atom. The Kier molecular flexibility index (Phi) is 4.53. The SMILES string of the molecule is CC(C)Oc1ccc(C[C@H](C#N)C(=O)O)cc1. The average molecular weight is 233 g/mol. The molecule has 0 aliphatic heterocycles. The number of hydrogen-bond acceptors (Lipinski definition) is 3. The molecule has 0 amide bonds. The highest BCUT2D eigenvalue weighted by molar-refractivity contribution is 5.73. The summed E-state index contributed by atoms with van der Waals surface area (Å²) in [6.07, 6.45) is 0.320. The third kappa shape index (κ3) is 4.15. The molecule has 1 aromatic rings. The number of carboxylic acid groups (broad SMARTS) is 1. The molecular formula is C13H15NO3. The minimum Gasteiger partial charge on any atom is -0.491 e. The first-order chi connectivity index (χ1) is 8.02. The maximum atomic E-state index is 10.7. The highest BCUT2D eigenvalue weighted by Crippen LogP contribution is 2.16. The molecule has 17 heavy (non-hydrogen) atoms. The molecule has 1 rings (SSSR count). The normalized spacial score (nSPS) is 11.9. The lowest BCUT2D eigenvalue weighted by atomic mass is 10.0. The molecule has 0 radical (unpaired) electrons. The summed E-state index contributed by atoms with van der Waals surface area (Å²) in [5.41, 5.74) is 0.815. The van der Waals surface area contributed by atoms with Crippen molar-refractivity contribution in [2.24, 2.45) is 5.92 Å². The topological polar surface area (TPSA) is 70.3 Å². The quantitative estimate of drug-likeness (QED) is 0.846. The molecule has 0 unspecified atom stereocenters. The summed E-state index contributed by atoms with van der Waals surface area (Å²) >= 11 is 0. The predicted molar refractivity (Wildman–Crippen MR) is 62.6 cm³/mol. The third-order valence-corrected chi connectivity index (χ3v) is 2.19. The van der Waals surface area contributed by atoms with E-state index in [2.05, 4.69) is 0 Å². The summed E-state index contributed by atoms with van der Waals surface area (Å²) in [6.45, 7) is 3.87. The molecule has 0 saturated carbocycles. The number of nitriles is 1. The summed E-state index contributed by atoms with van der Waals surface area (Å²) in [7, 11) is 0. The largest absolute Gasteiger partial charge is 0.491 e. The summed E-state index contributed by atoms with van der Waals surface area (Å²) in [4.78, 5) is 10.7. The van der Waals surface area contributed by atoms with Gasteiger partial charge in [-0.25, -0.2) is 0 Å². The van der Waals surface area contributed by atoms with Crippen LogP contribution in [0.2, 0.25) is 0 Å². The molecule has 1 aromatic carbocycles. The fourth-order valence-corrected chi connectivity index (χ4v) is 1.40. The zero-order valence-corrected chi connectivity index (χ0v) is 9.88. The van der Waals surface area contributed by atoms with E-state index in [1.54, 1.807) is 30.3 Å². The van der Waals surface area contributed by atoms with Gasteiger partial charge < -0.3 is 9.84 Å². The summed E-state index contributed by atoms with van der Waals surface area (Å²) in [5, 5.41) is 17.4. The fraction of sp³-hybridized carbons (Fsp3) is 0.385. The lowest BCUT2D eigenvalue weighted by molar-refractivity contribution is -0.139. The van der Waals surface area contributed by atoms with Crippen LogP contribution in [0.5, 0.6) is 5.75 Å². The van der Waals surface area contributed by atoms with Gasteiger partial charge in [-0.3, -0.25) is 4.79 Å². The predicted octanol–water partition coefficient (Wildman–Crippen LogP) is 2.24. The lowest BCUT2D eigenvalue weighted by Gasteiger charge is -2.10. The van der Waals surface area contributed by atoms with Crippen LogP contribution < -0.4 is 4.74 Å². The van der Waals surface area contributed by atoms with Crippen molar-refractivity contribution >= 4 is 5.97 Å².